The Labute approximate surface area is 129 Å². The molecule has 104 valence electrons. The number of hydrogen-bond acceptors (Lipinski definition) is 2. The van der Waals surface area contributed by atoms with Gasteiger partial charge in [0, 0.05) is 26.4 Å². The van der Waals surface area contributed by atoms with Gasteiger partial charge in [0.1, 0.15) is 0 Å². The monoisotopic (exact) mass is 354 g/mol. The molecular formula is C14H12BrClN2O2. The van der Waals surface area contributed by atoms with Gasteiger partial charge >= 0.3 is 6.03 Å². The van der Waals surface area contributed by atoms with Crippen LogP contribution in [-0.4, -0.2) is 11.1 Å². The molecule has 6 heteroatoms. The minimum Gasteiger partial charge on any atom is -0.392 e. The zero-order valence-electron chi connectivity index (χ0n) is 10.4. The fourth-order valence-corrected chi connectivity index (χ4v) is 2.55. The average Bonchev–Trinajstić information content (AvgIpc) is 2.37. The number of anilines is 2. The highest BCUT2D eigenvalue weighted by atomic mass is 79.9. The first-order valence-electron chi connectivity index (χ1n) is 5.81. The molecular weight excluding hydrogens is 344 g/mol. The number of aliphatic hydroxyl groups excluding tert-OH is 1. The van der Waals surface area contributed by atoms with Gasteiger partial charge < -0.3 is 15.7 Å². The number of rotatable bonds is 3. The molecule has 0 atom stereocenters. The number of halogens is 2. The molecule has 0 bridgehead atoms. The zero-order chi connectivity index (χ0) is 14.5. The summed E-state index contributed by atoms with van der Waals surface area (Å²) in [5.74, 6) is 0. The predicted octanol–water partition coefficient (Wildman–Crippen LogP) is 4.24. The van der Waals surface area contributed by atoms with Crippen molar-refractivity contribution in [2.75, 3.05) is 10.6 Å². The molecule has 3 N–H and O–H groups in total. The lowest BCUT2D eigenvalue weighted by Gasteiger charge is -2.11. The van der Waals surface area contributed by atoms with Gasteiger partial charge in [-0.1, -0.05) is 45.7 Å². The second-order valence-electron chi connectivity index (χ2n) is 4.05. The highest BCUT2D eigenvalue weighted by molar-refractivity contribution is 9.10. The predicted molar refractivity (Wildman–Crippen MR) is 84.2 cm³/mol. The van der Waals surface area contributed by atoms with Crippen molar-refractivity contribution < 1.29 is 9.90 Å². The molecule has 0 aromatic heterocycles. The first-order valence-corrected chi connectivity index (χ1v) is 6.98. The summed E-state index contributed by atoms with van der Waals surface area (Å²) in [6.45, 7) is -0.140. The molecule has 0 spiro atoms. The Morgan fingerprint density at radius 3 is 2.65 bits per heavy atom. The van der Waals surface area contributed by atoms with Crippen LogP contribution in [0.5, 0.6) is 0 Å². The number of aliphatic hydroxyl groups is 1. The van der Waals surface area contributed by atoms with Crippen molar-refractivity contribution in [2.24, 2.45) is 0 Å². The quantitative estimate of drug-likeness (QED) is 0.771. The molecule has 2 aromatic carbocycles. The van der Waals surface area contributed by atoms with Crippen LogP contribution < -0.4 is 10.6 Å². The summed E-state index contributed by atoms with van der Waals surface area (Å²) in [7, 11) is 0. The summed E-state index contributed by atoms with van der Waals surface area (Å²) in [5, 5.41) is 15.1. The van der Waals surface area contributed by atoms with Crippen molar-refractivity contribution in [3.63, 3.8) is 0 Å². The maximum absolute atomic E-state index is 11.9. The summed E-state index contributed by atoms with van der Waals surface area (Å²) in [4.78, 5) is 11.9. The molecule has 0 radical (unpaired) electrons. The Morgan fingerprint density at radius 2 is 1.95 bits per heavy atom. The van der Waals surface area contributed by atoms with E-state index in [0.717, 1.165) is 4.47 Å². The Morgan fingerprint density at radius 1 is 1.20 bits per heavy atom. The number of urea groups is 1. The zero-order valence-corrected chi connectivity index (χ0v) is 12.7. The van der Waals surface area contributed by atoms with Crippen LogP contribution in [0.4, 0.5) is 16.2 Å². The van der Waals surface area contributed by atoms with Gasteiger partial charge in [-0.05, 0) is 24.3 Å². The SMILES string of the molecule is O=C(Nc1cc(Cl)cc(Br)c1)Nc1ccccc1CO. The molecule has 0 saturated carbocycles. The van der Waals surface area contributed by atoms with E-state index in [-0.39, 0.29) is 6.61 Å². The lowest BCUT2D eigenvalue weighted by Crippen LogP contribution is -2.20. The first-order chi connectivity index (χ1) is 9.58. The Kier molecular flexibility index (Phi) is 5.00. The molecule has 2 aromatic rings. The van der Waals surface area contributed by atoms with Gasteiger partial charge in [-0.3, -0.25) is 0 Å². The number of nitrogens with one attached hydrogen (secondary N) is 2. The number of hydrogen-bond donors (Lipinski definition) is 3. The Hall–Kier alpha value is -1.56. The summed E-state index contributed by atoms with van der Waals surface area (Å²) in [6.07, 6.45) is 0. The third-order valence-corrected chi connectivity index (χ3v) is 3.23. The maximum atomic E-state index is 11.9. The second-order valence-corrected chi connectivity index (χ2v) is 5.40. The largest absolute Gasteiger partial charge is 0.392 e. The topological polar surface area (TPSA) is 61.4 Å². The molecule has 2 rings (SSSR count). The lowest BCUT2D eigenvalue weighted by molar-refractivity contribution is 0.262. The van der Waals surface area contributed by atoms with E-state index in [0.29, 0.717) is 22.0 Å². The molecule has 0 aliphatic heterocycles. The standard InChI is InChI=1S/C14H12BrClN2O2/c15-10-5-11(16)7-12(6-10)17-14(20)18-13-4-2-1-3-9(13)8-19/h1-7,19H,8H2,(H2,17,18,20). The fourth-order valence-electron chi connectivity index (χ4n) is 1.69. The second kappa shape index (κ2) is 6.74. The lowest BCUT2D eigenvalue weighted by atomic mass is 10.2. The van der Waals surface area contributed by atoms with Crippen LogP contribution in [-0.2, 0) is 6.61 Å². The van der Waals surface area contributed by atoms with E-state index in [1.165, 1.54) is 0 Å². The van der Waals surface area contributed by atoms with Gasteiger partial charge in [0.05, 0.1) is 6.61 Å². The number of carbonyl (C=O) groups excluding carboxylic acids is 1. The van der Waals surface area contributed by atoms with Crippen LogP contribution in [0.3, 0.4) is 0 Å². The van der Waals surface area contributed by atoms with Crippen molar-refractivity contribution in [3.05, 3.63) is 57.5 Å². The van der Waals surface area contributed by atoms with E-state index in [4.69, 9.17) is 11.6 Å². The molecule has 0 aliphatic carbocycles. The van der Waals surface area contributed by atoms with Gasteiger partial charge in [0.25, 0.3) is 0 Å². The van der Waals surface area contributed by atoms with E-state index >= 15 is 0 Å². The van der Waals surface area contributed by atoms with Gasteiger partial charge in [0.2, 0.25) is 0 Å². The number of carbonyl (C=O) groups is 1. The van der Waals surface area contributed by atoms with Crippen LogP contribution in [0.1, 0.15) is 5.56 Å². The summed E-state index contributed by atoms with van der Waals surface area (Å²) in [6, 6.07) is 11.7. The Balaban J connectivity index is 2.09. The van der Waals surface area contributed by atoms with Gasteiger partial charge in [0.15, 0.2) is 0 Å². The molecule has 20 heavy (non-hydrogen) atoms. The van der Waals surface area contributed by atoms with Crippen LogP contribution >= 0.6 is 27.5 Å². The maximum Gasteiger partial charge on any atom is 0.323 e. The van der Waals surface area contributed by atoms with Crippen LogP contribution in [0, 0.1) is 0 Å². The van der Waals surface area contributed by atoms with E-state index in [1.807, 2.05) is 0 Å². The third kappa shape index (κ3) is 3.96. The van der Waals surface area contributed by atoms with Gasteiger partial charge in [-0.25, -0.2) is 4.79 Å². The fraction of sp³-hybridized carbons (Fsp3) is 0.0714. The smallest absolute Gasteiger partial charge is 0.323 e. The van der Waals surface area contributed by atoms with Crippen molar-refractivity contribution >= 4 is 44.9 Å². The van der Waals surface area contributed by atoms with Crippen LogP contribution in [0.15, 0.2) is 46.9 Å². The Bertz CT molecular complexity index is 614. The van der Waals surface area contributed by atoms with Crippen molar-refractivity contribution in [1.82, 2.24) is 0 Å². The number of benzene rings is 2. The van der Waals surface area contributed by atoms with E-state index < -0.39 is 6.03 Å². The molecule has 0 aliphatic rings. The molecule has 0 unspecified atom stereocenters. The molecule has 2 amide bonds. The number of para-hydroxylation sites is 1. The normalized spacial score (nSPS) is 10.2. The van der Waals surface area contributed by atoms with E-state index in [9.17, 15) is 9.90 Å². The summed E-state index contributed by atoms with van der Waals surface area (Å²) < 4.78 is 0.774. The highest BCUT2D eigenvalue weighted by Gasteiger charge is 2.07. The van der Waals surface area contributed by atoms with Crippen LogP contribution in [0.2, 0.25) is 5.02 Å². The summed E-state index contributed by atoms with van der Waals surface area (Å²) >= 11 is 9.21. The summed E-state index contributed by atoms with van der Waals surface area (Å²) in [5.41, 5.74) is 1.78. The van der Waals surface area contributed by atoms with Crippen LogP contribution in [0.25, 0.3) is 0 Å². The molecule has 0 heterocycles. The number of amides is 2. The molecule has 4 nitrogen and oxygen atoms in total. The molecule has 0 saturated heterocycles. The van der Waals surface area contributed by atoms with Crippen molar-refractivity contribution in [1.29, 1.82) is 0 Å². The van der Waals surface area contributed by atoms with Gasteiger partial charge in [-0.2, -0.15) is 0 Å². The average molecular weight is 356 g/mol. The van der Waals surface area contributed by atoms with Crippen molar-refractivity contribution in [3.8, 4) is 0 Å². The highest BCUT2D eigenvalue weighted by Crippen LogP contribution is 2.23. The van der Waals surface area contributed by atoms with Crippen molar-refractivity contribution in [2.45, 2.75) is 6.61 Å². The minimum absolute atomic E-state index is 0.140. The first kappa shape index (κ1) is 14.8. The van der Waals surface area contributed by atoms with Gasteiger partial charge in [-0.15, -0.1) is 0 Å². The third-order valence-electron chi connectivity index (χ3n) is 2.56. The van der Waals surface area contributed by atoms with E-state index in [2.05, 4.69) is 26.6 Å². The minimum atomic E-state index is -0.403. The molecule has 0 fully saturated rings. The van der Waals surface area contributed by atoms with E-state index in [1.54, 1.807) is 42.5 Å².